The molecule has 370 valence electrons. The van der Waals surface area contributed by atoms with Crippen molar-refractivity contribution < 1.29 is 11.2 Å². The monoisotopic (exact) mass is 1130 g/mol. The molecule has 14 rings (SSSR count). The van der Waals surface area contributed by atoms with Crippen LogP contribution in [-0.4, -0.2) is 5.83 Å². The Morgan fingerprint density at radius 1 is 0.319 bits per heavy atom. The van der Waals surface area contributed by atoms with E-state index in [-0.39, 0.29) is 0 Å². The Bertz CT molecular complexity index is 2720. The molecule has 10 aliphatic rings. The molecule has 10 saturated heterocycles. The Morgan fingerprint density at radius 3 is 0.754 bits per heavy atom. The summed E-state index contributed by atoms with van der Waals surface area (Å²) in [6.07, 6.45) is 31.4. The summed E-state index contributed by atoms with van der Waals surface area (Å²) in [5.41, 5.74) is 14.6. The summed E-state index contributed by atoms with van der Waals surface area (Å²) in [5.74, 6) is 0. The van der Waals surface area contributed by atoms with Crippen LogP contribution in [0.4, 0.5) is 0 Å². The van der Waals surface area contributed by atoms with E-state index < -0.39 is 27.0 Å². The fourth-order valence-corrected chi connectivity index (χ4v) is 496. The molecular formula is C66H92HfP2. The van der Waals surface area contributed by atoms with Crippen LogP contribution >= 0.6 is 15.8 Å². The molecule has 0 bridgehead atoms. The van der Waals surface area contributed by atoms with E-state index in [1.165, 1.54) is 183 Å². The molecule has 4 atom stereocenters. The molecule has 3 heteroatoms. The SMILES string of the molecule is CCCCc1cccc(P(c2cccc(CCCC)c2CCCC)[C]23[CH]4[CH]5[CH]6[C]2(P(c2cccc(CCCC)c2CCCC)c2cccc(CCCC)c2CCCC)[Hf]54632789[CH]3[CH]2[CH]7[CH]8[CH]39)c1CCCC. The topological polar surface area (TPSA) is 0 Å². The van der Waals surface area contributed by atoms with Crippen molar-refractivity contribution in [3.8, 4) is 0 Å². The maximum atomic E-state index is 2.87. The summed E-state index contributed by atoms with van der Waals surface area (Å²) in [4.78, 5) is 0. The number of fused-ring (bicyclic) bond motifs is 10. The quantitative estimate of drug-likeness (QED) is 0.0361. The summed E-state index contributed by atoms with van der Waals surface area (Å²) in [6, 6.07) is 32.6. The molecule has 0 saturated carbocycles. The van der Waals surface area contributed by atoms with Gasteiger partial charge in [-0.3, -0.25) is 0 Å². The van der Waals surface area contributed by atoms with Crippen LogP contribution < -0.4 is 21.2 Å². The Balaban J connectivity index is 1.09. The van der Waals surface area contributed by atoms with E-state index in [0.717, 1.165) is 0 Å². The van der Waals surface area contributed by atoms with E-state index >= 15 is 0 Å². The number of hydrogen-bond donors (Lipinski definition) is 0. The van der Waals surface area contributed by atoms with Crippen LogP contribution in [0.1, 0.15) is 203 Å². The Hall–Kier alpha value is -1.39. The summed E-state index contributed by atoms with van der Waals surface area (Å²) < 4.78 is 11.6. The average molecular weight is 1130 g/mol. The van der Waals surface area contributed by atoms with Gasteiger partial charge in [0.05, 0.1) is 0 Å². The van der Waals surface area contributed by atoms with Gasteiger partial charge >= 0.3 is 410 Å². The molecule has 0 N–H and O–H groups in total. The third kappa shape index (κ3) is 2.38. The Kier molecular flexibility index (Phi) is 7.72. The van der Waals surface area contributed by atoms with E-state index in [1.807, 2.05) is 43.5 Å². The zero-order valence-corrected chi connectivity index (χ0v) is 50.3. The molecular weight excluding hydrogens is 1030 g/mol. The molecule has 4 aromatic rings. The van der Waals surface area contributed by atoms with Gasteiger partial charge in [0.2, 0.25) is 0 Å². The predicted octanol–water partition coefficient (Wildman–Crippen LogP) is 18.2. The fourth-order valence-electron chi connectivity index (χ4n) is 34.8. The van der Waals surface area contributed by atoms with Gasteiger partial charge in [-0.1, -0.05) is 0 Å². The van der Waals surface area contributed by atoms with Crippen molar-refractivity contribution in [2.24, 2.45) is 0 Å². The molecule has 10 heterocycles. The Labute approximate surface area is 407 Å². The normalized spacial score (nSPS) is 39.5. The van der Waals surface area contributed by atoms with Crippen molar-refractivity contribution in [3.63, 3.8) is 0 Å². The second-order valence-corrected chi connectivity index (χ2v) is 113. The summed E-state index contributed by atoms with van der Waals surface area (Å²) in [5, 5.41) is 7.89. The predicted molar refractivity (Wildman–Crippen MR) is 303 cm³/mol. The Morgan fingerprint density at radius 2 is 0.551 bits per heavy atom. The first-order chi connectivity index (χ1) is 33.7. The van der Waals surface area contributed by atoms with Crippen LogP contribution in [0.25, 0.3) is 0 Å². The molecule has 10 aliphatic heterocycles. The van der Waals surface area contributed by atoms with E-state index in [4.69, 9.17) is 0 Å². The van der Waals surface area contributed by atoms with Gasteiger partial charge in [0.25, 0.3) is 0 Å². The number of aryl methyl sites for hydroxylation is 4. The summed E-state index contributed by atoms with van der Waals surface area (Å²) in [7, 11) is -1.02. The van der Waals surface area contributed by atoms with Crippen LogP contribution in [0.15, 0.2) is 72.8 Å². The van der Waals surface area contributed by atoms with Crippen molar-refractivity contribution >= 4 is 37.1 Å². The van der Waals surface area contributed by atoms with Gasteiger partial charge in [-0.25, -0.2) is 0 Å². The van der Waals surface area contributed by atoms with E-state index in [9.17, 15) is 0 Å². The standard InChI is InChI=1S/C61H87P2.C5H5.Hf/c1-9-17-30-48-34-25-42-56(52(48)38-21-13-5)62(57-43-26-35-49(31-18-10-2)53(57)39-22-14-6)60-46-29-47-61(60)63(58-44-27-36-50(32-19-11-3)54(58)40-23-15-7)59-45-28-37-51(33-20-12-4)55(59)41-24-16-8;1-2-4-5-3-1;/h25-29,34-37,42-47H,9-24,30-33,38-41H2,1-8H3;1-5H;. The van der Waals surface area contributed by atoms with E-state index in [2.05, 4.69) is 128 Å². The van der Waals surface area contributed by atoms with E-state index in [1.54, 1.807) is 22.3 Å². The van der Waals surface area contributed by atoms with Crippen molar-refractivity contribution in [1.82, 2.24) is 0 Å². The maximum absolute atomic E-state index is 5.21. The number of hydrogen-bond acceptors (Lipinski definition) is 0. The third-order valence-electron chi connectivity index (χ3n) is 33.2. The summed E-state index contributed by atoms with van der Waals surface area (Å²) >= 11 is -5.21. The van der Waals surface area contributed by atoms with Crippen molar-refractivity contribution in [1.29, 1.82) is 0 Å². The first-order valence-electron chi connectivity index (χ1n) is 30.8. The number of benzene rings is 4. The van der Waals surface area contributed by atoms with Crippen LogP contribution in [0, 0.1) is 0 Å². The van der Waals surface area contributed by atoms with Crippen molar-refractivity contribution in [2.75, 3.05) is 0 Å². The van der Waals surface area contributed by atoms with Crippen molar-refractivity contribution in [2.45, 2.75) is 245 Å². The van der Waals surface area contributed by atoms with Gasteiger partial charge < -0.3 is 0 Å². The zero-order chi connectivity index (χ0) is 47.5. The minimum absolute atomic E-state index is 0.509. The zero-order valence-electron chi connectivity index (χ0n) is 44.9. The van der Waals surface area contributed by atoms with Crippen LogP contribution in [0.5, 0.6) is 0 Å². The van der Waals surface area contributed by atoms with Crippen LogP contribution in [-0.2, 0) is 62.5 Å². The van der Waals surface area contributed by atoms with Gasteiger partial charge in [0, 0.05) is 0 Å². The second-order valence-electron chi connectivity index (χ2n) is 29.9. The van der Waals surface area contributed by atoms with Gasteiger partial charge in [-0.15, -0.1) is 0 Å². The molecule has 69 heavy (non-hydrogen) atoms. The molecule has 0 aliphatic carbocycles. The van der Waals surface area contributed by atoms with Gasteiger partial charge in [0.15, 0.2) is 0 Å². The van der Waals surface area contributed by atoms with E-state index in [0.29, 0.717) is 5.83 Å². The number of rotatable bonds is 30. The van der Waals surface area contributed by atoms with Crippen LogP contribution in [0.2, 0.25) is 29.4 Å². The second kappa shape index (κ2) is 11.5. The molecule has 4 aromatic carbocycles. The molecule has 0 amide bonds. The molecule has 0 aromatic heterocycles. The minimum atomic E-state index is -5.21. The fraction of sp³-hybridized carbons (Fsp3) is 0.636. The average Bonchev–Trinajstić information content (AvgIpc) is 4.33. The van der Waals surface area contributed by atoms with Gasteiger partial charge in [-0.2, -0.15) is 0 Å². The van der Waals surface area contributed by atoms with Crippen LogP contribution in [0.3, 0.4) is 0 Å². The third-order valence-corrected chi connectivity index (χ3v) is 203. The molecule has 10 fully saturated rings. The molecule has 0 radical (unpaired) electrons. The molecule has 4 unspecified atom stereocenters. The van der Waals surface area contributed by atoms with Crippen molar-refractivity contribution in [3.05, 3.63) is 117 Å². The first kappa shape index (κ1) is 46.2. The molecule has 1 spiro atoms. The number of unbranched alkanes of at least 4 members (excludes halogenated alkanes) is 8. The van der Waals surface area contributed by atoms with Gasteiger partial charge in [-0.05, 0) is 0 Å². The molecule has 0 nitrogen and oxygen atoms in total. The summed E-state index contributed by atoms with van der Waals surface area (Å²) in [6.45, 7) is 19.6. The van der Waals surface area contributed by atoms with Gasteiger partial charge in [0.1, 0.15) is 0 Å². The first-order valence-corrected chi connectivity index (χ1v) is 53.6.